The zero-order valence-electron chi connectivity index (χ0n) is 23.3. The van der Waals surface area contributed by atoms with Gasteiger partial charge < -0.3 is 19.7 Å². The Balaban J connectivity index is 1.76. The van der Waals surface area contributed by atoms with Crippen LogP contribution in [0.5, 0.6) is 5.75 Å². The average Bonchev–Trinajstić information content (AvgIpc) is 3.33. The van der Waals surface area contributed by atoms with Crippen molar-refractivity contribution in [2.45, 2.75) is 76.9 Å². The zero-order valence-corrected chi connectivity index (χ0v) is 24.2. The van der Waals surface area contributed by atoms with Crippen molar-refractivity contribution in [3.8, 4) is 5.75 Å². The summed E-state index contributed by atoms with van der Waals surface area (Å²) >= 11 is 0. The van der Waals surface area contributed by atoms with Crippen LogP contribution in [0.3, 0.4) is 0 Å². The van der Waals surface area contributed by atoms with Crippen molar-refractivity contribution >= 4 is 13.5 Å². The molecule has 1 aliphatic heterocycles. The summed E-state index contributed by atoms with van der Waals surface area (Å²) in [5.74, 6) is -0.250. The van der Waals surface area contributed by atoms with Gasteiger partial charge in [-0.25, -0.2) is 4.57 Å². The molecule has 1 aliphatic rings. The first-order valence-electron chi connectivity index (χ1n) is 13.1. The number of hydrogen-bond donors (Lipinski definition) is 3. The van der Waals surface area contributed by atoms with Crippen LogP contribution >= 0.6 is 7.82 Å². The number of nitrogens with zero attached hydrogens (tertiary/aromatic N) is 1. The summed E-state index contributed by atoms with van der Waals surface area (Å²) in [6.07, 6.45) is -1.51. The van der Waals surface area contributed by atoms with Crippen molar-refractivity contribution in [1.29, 1.82) is 0 Å². The molecule has 39 heavy (non-hydrogen) atoms. The molecule has 3 aromatic rings. The van der Waals surface area contributed by atoms with Crippen molar-refractivity contribution < 1.29 is 28.8 Å². The van der Waals surface area contributed by atoms with Crippen molar-refractivity contribution in [2.24, 2.45) is 5.16 Å². The van der Waals surface area contributed by atoms with Crippen LogP contribution in [-0.2, 0) is 24.8 Å². The van der Waals surface area contributed by atoms with Gasteiger partial charge in [-0.1, -0.05) is 107 Å². The number of phosphoric ester groups is 1. The maximum Gasteiger partial charge on any atom is 0.470 e. The highest BCUT2D eigenvalue weighted by molar-refractivity contribution is 7.46. The van der Waals surface area contributed by atoms with Gasteiger partial charge in [-0.15, -0.1) is 0 Å². The summed E-state index contributed by atoms with van der Waals surface area (Å²) < 4.78 is 17.7. The summed E-state index contributed by atoms with van der Waals surface area (Å²) in [6, 6.07) is 22.8. The Bertz CT molecular complexity index is 1300. The molecule has 7 nitrogen and oxygen atoms in total. The summed E-state index contributed by atoms with van der Waals surface area (Å²) in [4.78, 5) is 25.7. The lowest BCUT2D eigenvalue weighted by molar-refractivity contribution is -0.0231. The van der Waals surface area contributed by atoms with Gasteiger partial charge in [0.1, 0.15) is 11.9 Å². The Morgan fingerprint density at radius 2 is 1.33 bits per heavy atom. The number of benzene rings is 3. The molecule has 208 valence electrons. The van der Waals surface area contributed by atoms with E-state index in [9.17, 15) is 19.5 Å². The Hall–Kier alpha value is -2.96. The number of phenols is 1. The van der Waals surface area contributed by atoms with Crippen molar-refractivity contribution in [3.63, 3.8) is 0 Å². The Morgan fingerprint density at radius 3 is 1.74 bits per heavy atom. The first-order chi connectivity index (χ1) is 18.1. The molecule has 3 N–H and O–H groups in total. The molecule has 0 amide bonds. The molecular formula is C31H38NO6P. The zero-order chi connectivity index (χ0) is 28.6. The average molecular weight is 552 g/mol. The van der Waals surface area contributed by atoms with E-state index >= 15 is 0 Å². The highest BCUT2D eigenvalue weighted by Crippen LogP contribution is 2.46. The van der Waals surface area contributed by atoms with Crippen LogP contribution in [-0.4, -0.2) is 32.8 Å². The molecule has 3 aromatic carbocycles. The summed E-state index contributed by atoms with van der Waals surface area (Å²) in [5.41, 5.74) is 4.07. The number of phosphoric acid groups is 1. The molecular weight excluding hydrogens is 513 g/mol. The van der Waals surface area contributed by atoms with Crippen LogP contribution in [0.25, 0.3) is 0 Å². The minimum Gasteiger partial charge on any atom is -0.507 e. The van der Waals surface area contributed by atoms with Crippen LogP contribution in [0.2, 0.25) is 0 Å². The third-order valence-corrected chi connectivity index (χ3v) is 7.54. The number of oxime groups is 1. The lowest BCUT2D eigenvalue weighted by Gasteiger charge is -2.31. The second-order valence-electron chi connectivity index (χ2n) is 12.2. The van der Waals surface area contributed by atoms with E-state index in [2.05, 4.69) is 5.16 Å². The lowest BCUT2D eigenvalue weighted by Crippen LogP contribution is -2.35. The van der Waals surface area contributed by atoms with Crippen LogP contribution in [0.15, 0.2) is 78.0 Å². The van der Waals surface area contributed by atoms with E-state index in [1.165, 1.54) is 0 Å². The largest absolute Gasteiger partial charge is 0.507 e. The molecule has 8 heteroatoms. The fourth-order valence-corrected chi connectivity index (χ4v) is 5.66. The van der Waals surface area contributed by atoms with Crippen molar-refractivity contribution in [3.05, 3.63) is 101 Å². The molecule has 0 saturated heterocycles. The van der Waals surface area contributed by atoms with E-state index in [0.29, 0.717) is 5.71 Å². The van der Waals surface area contributed by atoms with Gasteiger partial charge >= 0.3 is 7.82 Å². The summed E-state index contributed by atoms with van der Waals surface area (Å²) in [5, 5.41) is 15.5. The molecule has 0 saturated carbocycles. The van der Waals surface area contributed by atoms with Gasteiger partial charge in [0.15, 0.2) is 6.10 Å². The van der Waals surface area contributed by atoms with Crippen LogP contribution in [0.4, 0.5) is 0 Å². The maximum atomic E-state index is 12.2. The lowest BCUT2D eigenvalue weighted by atomic mass is 9.77. The summed E-state index contributed by atoms with van der Waals surface area (Å²) in [7, 11) is -4.89. The van der Waals surface area contributed by atoms with E-state index in [1.807, 2.05) is 114 Å². The normalized spacial score (nSPS) is 17.2. The van der Waals surface area contributed by atoms with E-state index < -0.39 is 25.9 Å². The molecule has 2 unspecified atom stereocenters. The SMILES string of the molecule is CC(C)(C)c1cc(C2=NOC(C(OP(=O)(O)O)C(c3ccccc3)c3ccccc3)C2)cc(C(C)(C)C)c1O. The summed E-state index contributed by atoms with van der Waals surface area (Å²) in [6.45, 7) is 12.3. The van der Waals surface area contributed by atoms with Crippen molar-refractivity contribution in [2.75, 3.05) is 0 Å². The first-order valence-corrected chi connectivity index (χ1v) is 14.6. The standard InChI is InChI=1S/C31H38NO6P/c1-30(2,3)23-17-22(18-24(28(23)33)31(4,5)6)25-19-26(37-32-25)29(38-39(34,35)36)27(20-13-9-7-10-14-20)21-15-11-8-12-16-21/h7-18,26-27,29,33H,19H2,1-6H3,(H2,34,35,36). The molecule has 0 spiro atoms. The minimum absolute atomic E-state index is 0.269. The topological polar surface area (TPSA) is 109 Å². The predicted molar refractivity (Wildman–Crippen MR) is 153 cm³/mol. The monoisotopic (exact) mass is 551 g/mol. The molecule has 0 bridgehead atoms. The van der Waals surface area contributed by atoms with E-state index in [0.717, 1.165) is 27.8 Å². The fraction of sp³-hybridized carbons (Fsp3) is 0.387. The molecule has 0 radical (unpaired) electrons. The van der Waals surface area contributed by atoms with Gasteiger partial charge in [0.05, 0.1) is 5.71 Å². The highest BCUT2D eigenvalue weighted by atomic mass is 31.2. The van der Waals surface area contributed by atoms with Gasteiger partial charge in [0.25, 0.3) is 0 Å². The van der Waals surface area contributed by atoms with Gasteiger partial charge in [0.2, 0.25) is 0 Å². The fourth-order valence-electron chi connectivity index (χ4n) is 5.08. The number of rotatable bonds is 7. The van der Waals surface area contributed by atoms with Gasteiger partial charge in [-0.3, -0.25) is 4.52 Å². The first kappa shape index (κ1) is 29.0. The third kappa shape index (κ3) is 6.79. The second-order valence-corrected chi connectivity index (χ2v) is 13.4. The number of aromatic hydroxyl groups is 1. The Morgan fingerprint density at radius 1 is 0.872 bits per heavy atom. The van der Waals surface area contributed by atoms with Crippen LogP contribution in [0.1, 0.15) is 81.7 Å². The quantitative estimate of drug-likeness (QED) is 0.279. The molecule has 1 heterocycles. The van der Waals surface area contributed by atoms with Crippen LogP contribution < -0.4 is 0 Å². The smallest absolute Gasteiger partial charge is 0.470 e. The van der Waals surface area contributed by atoms with Gasteiger partial charge in [0, 0.05) is 29.0 Å². The Kier molecular flexibility index (Phi) is 8.11. The Labute approximate surface area is 230 Å². The van der Waals surface area contributed by atoms with Crippen molar-refractivity contribution in [1.82, 2.24) is 0 Å². The maximum absolute atomic E-state index is 12.2. The van der Waals surface area contributed by atoms with Gasteiger partial charge in [-0.05, 0) is 34.1 Å². The van der Waals surface area contributed by atoms with E-state index in [-0.39, 0.29) is 23.0 Å². The molecule has 4 rings (SSSR count). The minimum atomic E-state index is -4.89. The van der Waals surface area contributed by atoms with E-state index in [4.69, 9.17) is 9.36 Å². The van der Waals surface area contributed by atoms with E-state index in [1.54, 1.807) is 0 Å². The van der Waals surface area contributed by atoms with Crippen LogP contribution in [0, 0.1) is 0 Å². The molecule has 2 atom stereocenters. The van der Waals surface area contributed by atoms with Gasteiger partial charge in [-0.2, -0.15) is 0 Å². The molecule has 0 aromatic heterocycles. The number of hydrogen-bond acceptors (Lipinski definition) is 5. The molecule has 0 fully saturated rings. The second kappa shape index (κ2) is 10.9. The predicted octanol–water partition coefficient (Wildman–Crippen LogP) is 6.79. The highest BCUT2D eigenvalue weighted by Gasteiger charge is 2.42. The number of phenolic OH excluding ortho intramolecular Hbond substituents is 1. The third-order valence-electron chi connectivity index (χ3n) is 7.02. The molecule has 0 aliphatic carbocycles.